The van der Waals surface area contributed by atoms with Crippen LogP contribution < -0.4 is 9.21 Å². The van der Waals surface area contributed by atoms with Gasteiger partial charge in [0.25, 0.3) is 10.0 Å². The molecule has 0 aliphatic carbocycles. The van der Waals surface area contributed by atoms with E-state index in [1.54, 1.807) is 12.1 Å². The number of sulfonamides is 1. The lowest BCUT2D eigenvalue weighted by Gasteiger charge is -2.25. The molecule has 0 unspecified atom stereocenters. The molecule has 4 rings (SSSR count). The molecule has 1 aliphatic rings. The zero-order valence-corrected chi connectivity index (χ0v) is 16.6. The monoisotopic (exact) mass is 402 g/mol. The second-order valence-electron chi connectivity index (χ2n) is 6.54. The number of rotatable bonds is 4. The van der Waals surface area contributed by atoms with Gasteiger partial charge < -0.3 is 4.90 Å². The van der Waals surface area contributed by atoms with Gasteiger partial charge in [-0.25, -0.2) is 22.7 Å². The highest BCUT2D eigenvalue weighted by molar-refractivity contribution is 7.92. The van der Waals surface area contributed by atoms with E-state index < -0.39 is 10.0 Å². The Morgan fingerprint density at radius 2 is 1.63 bits per heavy atom. The average molecular weight is 403 g/mol. The van der Waals surface area contributed by atoms with E-state index >= 15 is 0 Å². The van der Waals surface area contributed by atoms with Gasteiger partial charge in [0, 0.05) is 11.1 Å². The molecule has 1 aliphatic heterocycles. The molecule has 0 radical (unpaired) electrons. The number of hydrogen-bond donors (Lipinski definition) is 0. The van der Waals surface area contributed by atoms with Crippen LogP contribution in [-0.2, 0) is 10.0 Å². The zero-order valence-electron chi connectivity index (χ0n) is 15.0. The number of hydrogen-bond acceptors (Lipinski definition) is 5. The Hall–Kier alpha value is -2.38. The average Bonchev–Trinajstić information content (AvgIpc) is 3.05. The highest BCUT2D eigenvalue weighted by atomic mass is 35.5. The van der Waals surface area contributed by atoms with Crippen LogP contribution in [0.5, 0.6) is 0 Å². The van der Waals surface area contributed by atoms with Gasteiger partial charge in [0.2, 0.25) is 0 Å². The van der Waals surface area contributed by atoms with Crippen LogP contribution in [0.15, 0.2) is 53.4 Å². The van der Waals surface area contributed by atoms with Crippen LogP contribution in [0, 0.1) is 0 Å². The molecule has 0 bridgehead atoms. The Morgan fingerprint density at radius 1 is 1.04 bits per heavy atom. The molecule has 2 heterocycles. The second kappa shape index (κ2) is 6.65. The van der Waals surface area contributed by atoms with Crippen molar-refractivity contribution in [1.29, 1.82) is 0 Å². The summed E-state index contributed by atoms with van der Waals surface area (Å²) in [6.07, 6.45) is 0.864. The van der Waals surface area contributed by atoms with Gasteiger partial charge in [0.1, 0.15) is 6.67 Å². The molecule has 1 atom stereocenters. The van der Waals surface area contributed by atoms with Crippen LogP contribution in [0.3, 0.4) is 0 Å². The maximum atomic E-state index is 13.3. The molecule has 0 saturated heterocycles. The third-order valence-electron chi connectivity index (χ3n) is 4.85. The lowest BCUT2D eigenvalue weighted by Crippen LogP contribution is -2.39. The first-order chi connectivity index (χ1) is 12.9. The van der Waals surface area contributed by atoms with Crippen molar-refractivity contribution < 1.29 is 8.42 Å². The smallest absolute Gasteiger partial charge is 0.267 e. The normalized spacial score (nSPS) is 15.2. The first kappa shape index (κ1) is 18.0. The van der Waals surface area contributed by atoms with E-state index in [-0.39, 0.29) is 17.6 Å². The summed E-state index contributed by atoms with van der Waals surface area (Å²) in [4.78, 5) is 11.5. The predicted molar refractivity (Wildman–Crippen MR) is 108 cm³/mol. The van der Waals surface area contributed by atoms with E-state index in [4.69, 9.17) is 16.6 Å². The summed E-state index contributed by atoms with van der Waals surface area (Å²) in [5.41, 5.74) is 1.41. The number of para-hydroxylation sites is 2. The molecule has 0 spiro atoms. The molecule has 2 aromatic carbocycles. The van der Waals surface area contributed by atoms with Crippen molar-refractivity contribution in [1.82, 2.24) is 9.97 Å². The van der Waals surface area contributed by atoms with E-state index in [0.717, 1.165) is 11.9 Å². The minimum absolute atomic E-state index is 0.129. The van der Waals surface area contributed by atoms with Crippen LogP contribution in [0.1, 0.15) is 20.3 Å². The van der Waals surface area contributed by atoms with Gasteiger partial charge >= 0.3 is 0 Å². The number of halogens is 1. The Bertz CT molecular complexity index is 1100. The Kier molecular flexibility index (Phi) is 4.44. The summed E-state index contributed by atoms with van der Waals surface area (Å²) in [6, 6.07) is 13.8. The first-order valence-corrected chi connectivity index (χ1v) is 10.6. The van der Waals surface area contributed by atoms with Crippen molar-refractivity contribution in [3.05, 3.63) is 53.6 Å². The first-order valence-electron chi connectivity index (χ1n) is 8.73. The largest absolute Gasteiger partial charge is 0.332 e. The van der Waals surface area contributed by atoms with Gasteiger partial charge in [-0.15, -0.1) is 0 Å². The van der Waals surface area contributed by atoms with E-state index in [9.17, 15) is 8.42 Å². The highest BCUT2D eigenvalue weighted by Crippen LogP contribution is 2.39. The van der Waals surface area contributed by atoms with E-state index in [1.165, 1.54) is 16.4 Å². The van der Waals surface area contributed by atoms with Crippen LogP contribution in [-0.4, -0.2) is 31.1 Å². The lowest BCUT2D eigenvalue weighted by atomic mass is 10.2. The van der Waals surface area contributed by atoms with Crippen molar-refractivity contribution in [3.63, 3.8) is 0 Å². The zero-order chi connectivity index (χ0) is 19.2. The molecule has 0 fully saturated rings. The number of nitrogens with zero attached hydrogens (tertiary/aromatic N) is 4. The number of benzene rings is 2. The van der Waals surface area contributed by atoms with Crippen LogP contribution in [0.2, 0.25) is 5.02 Å². The molecule has 3 aromatic rings. The third kappa shape index (κ3) is 3.00. The Labute approximate surface area is 163 Å². The molecule has 8 heteroatoms. The fourth-order valence-electron chi connectivity index (χ4n) is 3.11. The van der Waals surface area contributed by atoms with E-state index in [0.29, 0.717) is 22.2 Å². The van der Waals surface area contributed by atoms with Gasteiger partial charge in [0.15, 0.2) is 11.6 Å². The van der Waals surface area contributed by atoms with Crippen molar-refractivity contribution in [2.45, 2.75) is 31.2 Å². The lowest BCUT2D eigenvalue weighted by molar-refractivity contribution is 0.584. The number of fused-ring (bicyclic) bond motifs is 2. The molecule has 1 aromatic heterocycles. The number of anilines is 2. The summed E-state index contributed by atoms with van der Waals surface area (Å²) in [5, 5.41) is 0.489. The van der Waals surface area contributed by atoms with Gasteiger partial charge in [-0.1, -0.05) is 30.7 Å². The maximum Gasteiger partial charge on any atom is 0.267 e. The van der Waals surface area contributed by atoms with Crippen molar-refractivity contribution >= 4 is 44.3 Å². The van der Waals surface area contributed by atoms with Crippen molar-refractivity contribution in [2.75, 3.05) is 15.9 Å². The number of aromatic nitrogens is 2. The van der Waals surface area contributed by atoms with Crippen LogP contribution in [0.25, 0.3) is 11.0 Å². The fraction of sp³-hybridized carbons (Fsp3) is 0.263. The topological polar surface area (TPSA) is 66.4 Å². The van der Waals surface area contributed by atoms with Gasteiger partial charge in [0.05, 0.1) is 15.9 Å². The van der Waals surface area contributed by atoms with Crippen LogP contribution in [0.4, 0.5) is 11.6 Å². The fourth-order valence-corrected chi connectivity index (χ4v) is 4.59. The Balaban J connectivity index is 1.88. The summed E-state index contributed by atoms with van der Waals surface area (Å²) in [6.45, 7) is 4.31. The third-order valence-corrected chi connectivity index (χ3v) is 6.84. The summed E-state index contributed by atoms with van der Waals surface area (Å²) >= 11 is 5.91. The van der Waals surface area contributed by atoms with E-state index in [1.807, 2.05) is 29.2 Å². The molecule has 0 amide bonds. The summed E-state index contributed by atoms with van der Waals surface area (Å²) < 4.78 is 27.9. The molecule has 0 N–H and O–H groups in total. The minimum atomic E-state index is -3.78. The second-order valence-corrected chi connectivity index (χ2v) is 8.83. The van der Waals surface area contributed by atoms with Crippen LogP contribution >= 0.6 is 11.6 Å². The van der Waals surface area contributed by atoms with Gasteiger partial charge in [-0.3, -0.25) is 0 Å². The Morgan fingerprint density at radius 3 is 2.22 bits per heavy atom. The highest BCUT2D eigenvalue weighted by Gasteiger charge is 2.39. The SMILES string of the molecule is CC[C@H](C)N1CN(S(=O)(=O)c2ccc(Cl)cc2)c2nc3ccccc3nc21. The van der Waals surface area contributed by atoms with Crippen molar-refractivity contribution in [3.8, 4) is 0 Å². The summed E-state index contributed by atoms with van der Waals surface area (Å²) in [7, 11) is -3.78. The van der Waals surface area contributed by atoms with Gasteiger partial charge in [-0.05, 0) is 49.7 Å². The molecule has 140 valence electrons. The van der Waals surface area contributed by atoms with Crippen molar-refractivity contribution in [2.24, 2.45) is 0 Å². The standard InChI is InChI=1S/C19H19ClN4O2S/c1-3-13(2)23-12-24(27(25,26)15-10-8-14(20)9-11-15)19-18(23)21-16-6-4-5-7-17(16)22-19/h4-11,13H,3,12H2,1-2H3/t13-/m0/s1. The summed E-state index contributed by atoms with van der Waals surface area (Å²) in [5.74, 6) is 0.963. The molecular formula is C19H19ClN4O2S. The minimum Gasteiger partial charge on any atom is -0.332 e. The molecule has 6 nitrogen and oxygen atoms in total. The maximum absolute atomic E-state index is 13.3. The van der Waals surface area contributed by atoms with E-state index in [2.05, 4.69) is 18.8 Å². The predicted octanol–water partition coefficient (Wildman–Crippen LogP) is 4.05. The quantitative estimate of drug-likeness (QED) is 0.658. The molecular weight excluding hydrogens is 384 g/mol. The molecule has 27 heavy (non-hydrogen) atoms. The van der Waals surface area contributed by atoms with Gasteiger partial charge in [-0.2, -0.15) is 0 Å². The molecule has 0 saturated carbocycles.